The van der Waals surface area contributed by atoms with E-state index in [0.29, 0.717) is 0 Å². The third-order valence-corrected chi connectivity index (χ3v) is 7.01. The molecular weight excluding hydrogens is 510 g/mol. The van der Waals surface area contributed by atoms with Gasteiger partial charge in [-0.05, 0) is 57.8 Å². The summed E-state index contributed by atoms with van der Waals surface area (Å²) in [4.78, 5) is 12.3. The number of amides is 1. The van der Waals surface area contributed by atoms with Crippen LogP contribution in [0.2, 0.25) is 0 Å². The lowest BCUT2D eigenvalue weighted by Gasteiger charge is -2.20. The van der Waals surface area contributed by atoms with Gasteiger partial charge < -0.3 is 20.6 Å². The molecule has 0 aromatic rings. The fourth-order valence-electron chi connectivity index (χ4n) is 4.43. The van der Waals surface area contributed by atoms with E-state index in [4.69, 9.17) is 0 Å². The smallest absolute Gasteiger partial charge is 0.223 e. The van der Waals surface area contributed by atoms with Crippen LogP contribution in [0.4, 0.5) is 0 Å². The van der Waals surface area contributed by atoms with Gasteiger partial charge in [-0.3, -0.25) is 4.79 Å². The van der Waals surface area contributed by atoms with Gasteiger partial charge in [0.25, 0.3) is 0 Å². The second-order valence-electron chi connectivity index (χ2n) is 11.0. The second-order valence-corrected chi connectivity index (χ2v) is 11.0. The van der Waals surface area contributed by atoms with Crippen molar-refractivity contribution in [3.8, 4) is 0 Å². The quantitative estimate of drug-likeness (QED) is 0.0559. The van der Waals surface area contributed by atoms with Crippen LogP contribution in [-0.4, -0.2) is 46.1 Å². The van der Waals surface area contributed by atoms with Crippen molar-refractivity contribution in [2.24, 2.45) is 0 Å². The van der Waals surface area contributed by atoms with Crippen molar-refractivity contribution < 1.29 is 20.1 Å². The van der Waals surface area contributed by atoms with Gasteiger partial charge in [0, 0.05) is 0 Å². The van der Waals surface area contributed by atoms with Gasteiger partial charge >= 0.3 is 0 Å². The average molecular weight is 574 g/mol. The molecule has 0 heterocycles. The predicted molar refractivity (Wildman–Crippen MR) is 176 cm³/mol. The van der Waals surface area contributed by atoms with Crippen LogP contribution in [0.25, 0.3) is 0 Å². The summed E-state index contributed by atoms with van der Waals surface area (Å²) in [6.07, 6.45) is 39.3. The van der Waals surface area contributed by atoms with E-state index in [1.807, 2.05) is 12.2 Å². The molecule has 0 aliphatic carbocycles. The Morgan fingerprint density at radius 1 is 0.610 bits per heavy atom. The molecule has 3 unspecified atom stereocenters. The fraction of sp³-hybridized carbons (Fsp3) is 0.694. The van der Waals surface area contributed by atoms with Crippen LogP contribution in [0.3, 0.4) is 0 Å². The van der Waals surface area contributed by atoms with Gasteiger partial charge in [-0.15, -0.1) is 0 Å². The standard InChI is InChI=1S/C36H63NO4/c1-3-5-7-9-11-13-15-16-17-18-20-22-24-26-28-30-35(40)34(32-38)37-36(41)31-33(39)29-27-25-23-21-19-14-12-10-8-6-4-2/h15-16,20-23,27-30,33-35,38-40H,3-14,17-19,24-26,31-32H2,1-2H3,(H,37,41)/b16-15+,22-20+,23-21-,29-27-,30-28+. The van der Waals surface area contributed by atoms with E-state index in [-0.39, 0.29) is 13.0 Å². The Hall–Kier alpha value is -1.95. The van der Waals surface area contributed by atoms with Crippen molar-refractivity contribution >= 4 is 5.91 Å². The Morgan fingerprint density at radius 2 is 1.10 bits per heavy atom. The minimum absolute atomic E-state index is 0.107. The molecule has 3 atom stereocenters. The molecule has 41 heavy (non-hydrogen) atoms. The lowest BCUT2D eigenvalue weighted by molar-refractivity contribution is -0.124. The van der Waals surface area contributed by atoms with Crippen LogP contribution in [0.15, 0.2) is 60.8 Å². The zero-order valence-electron chi connectivity index (χ0n) is 26.4. The topological polar surface area (TPSA) is 89.8 Å². The minimum atomic E-state index is -0.982. The van der Waals surface area contributed by atoms with E-state index < -0.39 is 24.2 Å². The molecule has 5 nitrogen and oxygen atoms in total. The Labute approximate surface area is 252 Å². The molecule has 0 aliphatic heterocycles. The molecule has 0 spiro atoms. The maximum absolute atomic E-state index is 12.3. The molecule has 0 bridgehead atoms. The van der Waals surface area contributed by atoms with Gasteiger partial charge in [0.15, 0.2) is 0 Å². The van der Waals surface area contributed by atoms with Gasteiger partial charge in [0.1, 0.15) is 0 Å². The molecule has 4 N–H and O–H groups in total. The van der Waals surface area contributed by atoms with Crippen LogP contribution in [0.5, 0.6) is 0 Å². The monoisotopic (exact) mass is 573 g/mol. The van der Waals surface area contributed by atoms with Gasteiger partial charge in [-0.2, -0.15) is 0 Å². The highest BCUT2D eigenvalue weighted by Gasteiger charge is 2.19. The predicted octanol–water partition coefficient (Wildman–Crippen LogP) is 8.42. The van der Waals surface area contributed by atoms with Crippen molar-refractivity contribution in [1.82, 2.24) is 5.32 Å². The summed E-state index contributed by atoms with van der Waals surface area (Å²) < 4.78 is 0. The zero-order chi connectivity index (χ0) is 30.2. The lowest BCUT2D eigenvalue weighted by Crippen LogP contribution is -2.45. The molecular formula is C36H63NO4. The van der Waals surface area contributed by atoms with Crippen LogP contribution in [0, 0.1) is 0 Å². The summed E-state index contributed by atoms with van der Waals surface area (Å²) >= 11 is 0. The van der Waals surface area contributed by atoms with E-state index in [1.54, 1.807) is 12.2 Å². The third-order valence-electron chi connectivity index (χ3n) is 7.01. The highest BCUT2D eigenvalue weighted by Crippen LogP contribution is 2.08. The summed E-state index contributed by atoms with van der Waals surface area (Å²) in [5.74, 6) is -0.402. The zero-order valence-corrected chi connectivity index (χ0v) is 26.4. The average Bonchev–Trinajstić information content (AvgIpc) is 2.96. The number of aliphatic hydroxyl groups is 3. The lowest BCUT2D eigenvalue weighted by atomic mass is 10.1. The van der Waals surface area contributed by atoms with Gasteiger partial charge in [0.05, 0.1) is 31.3 Å². The summed E-state index contributed by atoms with van der Waals surface area (Å²) in [5, 5.41) is 32.7. The molecule has 0 fully saturated rings. The third kappa shape index (κ3) is 28.0. The largest absolute Gasteiger partial charge is 0.394 e. The van der Waals surface area contributed by atoms with E-state index >= 15 is 0 Å². The van der Waals surface area contributed by atoms with Crippen molar-refractivity contribution in [3.05, 3.63) is 60.8 Å². The molecule has 0 saturated heterocycles. The molecule has 236 valence electrons. The Balaban J connectivity index is 4.00. The number of hydrogen-bond acceptors (Lipinski definition) is 4. The number of carbonyl (C=O) groups excluding carboxylic acids is 1. The van der Waals surface area contributed by atoms with Crippen LogP contribution in [0.1, 0.15) is 136 Å². The number of nitrogens with one attached hydrogen (secondary N) is 1. The van der Waals surface area contributed by atoms with E-state index in [1.165, 1.54) is 77.0 Å². The first-order valence-electron chi connectivity index (χ1n) is 16.6. The molecule has 0 aromatic heterocycles. The van der Waals surface area contributed by atoms with E-state index in [2.05, 4.69) is 55.6 Å². The van der Waals surface area contributed by atoms with Gasteiger partial charge in [-0.1, -0.05) is 132 Å². The SMILES string of the molecule is CCCCCCC/C=C/CC/C=C/CC/C=C/C(O)C(CO)NC(=O)CC(O)/C=C\C/C=C\CCCCCCCC. The van der Waals surface area contributed by atoms with Crippen molar-refractivity contribution in [1.29, 1.82) is 0 Å². The number of rotatable bonds is 28. The first-order valence-corrected chi connectivity index (χ1v) is 16.6. The highest BCUT2D eigenvalue weighted by molar-refractivity contribution is 5.77. The van der Waals surface area contributed by atoms with Crippen LogP contribution in [-0.2, 0) is 4.79 Å². The maximum Gasteiger partial charge on any atom is 0.223 e. The number of unbranched alkanes of at least 4 members (excludes halogenated alkanes) is 13. The Kier molecular flexibility index (Phi) is 29.5. The van der Waals surface area contributed by atoms with Crippen LogP contribution >= 0.6 is 0 Å². The molecule has 0 aliphatic rings. The molecule has 0 radical (unpaired) electrons. The minimum Gasteiger partial charge on any atom is -0.394 e. The fourth-order valence-corrected chi connectivity index (χ4v) is 4.43. The maximum atomic E-state index is 12.3. The molecule has 1 amide bonds. The number of aliphatic hydroxyl groups excluding tert-OH is 3. The van der Waals surface area contributed by atoms with Crippen LogP contribution < -0.4 is 5.32 Å². The summed E-state index contributed by atoms with van der Waals surface area (Å²) in [5.41, 5.74) is 0. The summed E-state index contributed by atoms with van der Waals surface area (Å²) in [6, 6.07) is -0.797. The second kappa shape index (κ2) is 31.0. The van der Waals surface area contributed by atoms with E-state index in [0.717, 1.165) is 38.5 Å². The normalized spacial score (nSPS) is 14.8. The summed E-state index contributed by atoms with van der Waals surface area (Å²) in [6.45, 7) is 4.10. The molecule has 0 rings (SSSR count). The number of allylic oxidation sites excluding steroid dienone is 8. The Bertz CT molecular complexity index is 725. The molecule has 0 aromatic carbocycles. The highest BCUT2D eigenvalue weighted by atomic mass is 16.3. The molecule has 0 saturated carbocycles. The number of carbonyl (C=O) groups is 1. The Morgan fingerprint density at radius 3 is 1.66 bits per heavy atom. The van der Waals surface area contributed by atoms with Gasteiger partial charge in [0.2, 0.25) is 5.91 Å². The first-order chi connectivity index (χ1) is 20.0. The van der Waals surface area contributed by atoms with E-state index in [9.17, 15) is 20.1 Å². The molecule has 5 heteroatoms. The van der Waals surface area contributed by atoms with Gasteiger partial charge in [-0.25, -0.2) is 0 Å². The first kappa shape index (κ1) is 39.0. The van der Waals surface area contributed by atoms with Crippen molar-refractivity contribution in [2.45, 2.75) is 154 Å². The summed E-state index contributed by atoms with van der Waals surface area (Å²) in [7, 11) is 0. The number of hydrogen-bond donors (Lipinski definition) is 4. The van der Waals surface area contributed by atoms with Crippen molar-refractivity contribution in [3.63, 3.8) is 0 Å². The van der Waals surface area contributed by atoms with Crippen molar-refractivity contribution in [2.75, 3.05) is 6.61 Å².